The molecule has 1 aromatic heterocycles. The van der Waals surface area contributed by atoms with Gasteiger partial charge in [-0.1, -0.05) is 12.1 Å². The summed E-state index contributed by atoms with van der Waals surface area (Å²) in [5.41, 5.74) is 0. The molecule has 3 N–H and O–H groups in total. The minimum atomic E-state index is -1.05. The molecule has 1 unspecified atom stereocenters. The molecule has 2 amide bonds. The maximum Gasteiger partial charge on any atom is 0.326 e. The van der Waals surface area contributed by atoms with Crippen molar-refractivity contribution in [3.05, 3.63) is 11.7 Å². The summed E-state index contributed by atoms with van der Waals surface area (Å²) >= 11 is 0. The third-order valence-electron chi connectivity index (χ3n) is 2.22. The highest BCUT2D eigenvalue weighted by molar-refractivity contribution is 5.82. The van der Waals surface area contributed by atoms with Crippen LogP contribution in [0.25, 0.3) is 0 Å². The van der Waals surface area contributed by atoms with Crippen molar-refractivity contribution in [2.24, 2.45) is 0 Å². The van der Waals surface area contributed by atoms with Crippen LogP contribution in [0.3, 0.4) is 0 Å². The Morgan fingerprint density at radius 1 is 1.50 bits per heavy atom. The molecule has 0 aliphatic rings. The molecular formula is C10H16N4O4. The maximum atomic E-state index is 11.4. The molecule has 1 heterocycles. The number of carbonyl (C=O) groups excluding carboxylic acids is 1. The van der Waals surface area contributed by atoms with Gasteiger partial charge in [0.25, 0.3) is 0 Å². The number of urea groups is 1. The highest BCUT2D eigenvalue weighted by atomic mass is 16.5. The van der Waals surface area contributed by atoms with Crippen molar-refractivity contribution in [3.63, 3.8) is 0 Å². The van der Waals surface area contributed by atoms with Gasteiger partial charge in [-0.25, -0.2) is 9.59 Å². The Hall–Kier alpha value is -2.12. The number of aliphatic carboxylic acids is 1. The Labute approximate surface area is 104 Å². The maximum absolute atomic E-state index is 11.4. The summed E-state index contributed by atoms with van der Waals surface area (Å²) in [6, 6.07) is -1.40. The van der Waals surface area contributed by atoms with Gasteiger partial charge in [-0.05, 0) is 6.42 Å². The van der Waals surface area contributed by atoms with Crippen LogP contribution in [0.5, 0.6) is 0 Å². The molecule has 18 heavy (non-hydrogen) atoms. The predicted molar refractivity (Wildman–Crippen MR) is 61.0 cm³/mol. The molecule has 8 nitrogen and oxygen atoms in total. The molecule has 0 aromatic carbocycles. The van der Waals surface area contributed by atoms with E-state index >= 15 is 0 Å². The zero-order valence-corrected chi connectivity index (χ0v) is 10.3. The smallest absolute Gasteiger partial charge is 0.326 e. The molecular weight excluding hydrogens is 240 g/mol. The van der Waals surface area contributed by atoms with Gasteiger partial charge < -0.3 is 20.3 Å². The minimum absolute atomic E-state index is 0.306. The predicted octanol–water partition coefficient (Wildman–Crippen LogP) is 0.0829. The number of hydrogen-bond donors (Lipinski definition) is 3. The molecule has 1 aromatic rings. The van der Waals surface area contributed by atoms with E-state index in [4.69, 9.17) is 9.63 Å². The second-order valence-corrected chi connectivity index (χ2v) is 3.68. The minimum Gasteiger partial charge on any atom is -0.480 e. The molecule has 100 valence electrons. The number of carbonyl (C=O) groups is 2. The van der Waals surface area contributed by atoms with Gasteiger partial charge in [0.05, 0.1) is 0 Å². The monoisotopic (exact) mass is 256 g/mol. The molecule has 0 bridgehead atoms. The summed E-state index contributed by atoms with van der Waals surface area (Å²) < 4.78 is 4.77. The number of aryl methyl sites for hydroxylation is 1. The topological polar surface area (TPSA) is 117 Å². The van der Waals surface area contributed by atoms with E-state index in [0.717, 1.165) is 0 Å². The number of amides is 2. The fraction of sp³-hybridized carbons (Fsp3) is 0.600. The van der Waals surface area contributed by atoms with E-state index in [1.54, 1.807) is 13.8 Å². The zero-order valence-electron chi connectivity index (χ0n) is 10.3. The quantitative estimate of drug-likeness (QED) is 0.663. The lowest BCUT2D eigenvalue weighted by molar-refractivity contribution is -0.139. The SMILES string of the molecule is CCC(NC(=O)NCCc1noc(C)n1)C(=O)O. The molecule has 0 saturated heterocycles. The first-order valence-corrected chi connectivity index (χ1v) is 5.59. The van der Waals surface area contributed by atoms with Gasteiger partial charge in [0, 0.05) is 19.9 Å². The van der Waals surface area contributed by atoms with Crippen molar-refractivity contribution < 1.29 is 19.2 Å². The van der Waals surface area contributed by atoms with Crippen LogP contribution in [-0.4, -0.2) is 39.8 Å². The number of carboxylic acid groups (broad SMARTS) is 1. The fourth-order valence-electron chi connectivity index (χ4n) is 1.28. The highest BCUT2D eigenvalue weighted by Gasteiger charge is 2.16. The highest BCUT2D eigenvalue weighted by Crippen LogP contribution is 1.95. The van der Waals surface area contributed by atoms with Gasteiger partial charge in [0.2, 0.25) is 5.89 Å². The summed E-state index contributed by atoms with van der Waals surface area (Å²) in [6.45, 7) is 3.66. The lowest BCUT2D eigenvalue weighted by atomic mass is 10.2. The fourth-order valence-corrected chi connectivity index (χ4v) is 1.28. The van der Waals surface area contributed by atoms with E-state index in [9.17, 15) is 9.59 Å². The first kappa shape index (κ1) is 13.9. The Morgan fingerprint density at radius 3 is 2.72 bits per heavy atom. The van der Waals surface area contributed by atoms with Crippen LogP contribution >= 0.6 is 0 Å². The van der Waals surface area contributed by atoms with Crippen LogP contribution in [0.2, 0.25) is 0 Å². The van der Waals surface area contributed by atoms with Crippen LogP contribution in [0, 0.1) is 6.92 Å². The van der Waals surface area contributed by atoms with Gasteiger partial charge in [0.15, 0.2) is 5.82 Å². The summed E-state index contributed by atoms with van der Waals surface area (Å²) in [7, 11) is 0. The molecule has 0 saturated carbocycles. The van der Waals surface area contributed by atoms with Gasteiger partial charge in [-0.2, -0.15) is 4.98 Å². The molecule has 0 aliphatic carbocycles. The Kier molecular flexibility index (Phi) is 5.09. The van der Waals surface area contributed by atoms with E-state index in [2.05, 4.69) is 20.8 Å². The van der Waals surface area contributed by atoms with Crippen LogP contribution < -0.4 is 10.6 Å². The van der Waals surface area contributed by atoms with Gasteiger partial charge >= 0.3 is 12.0 Å². The number of hydrogen-bond acceptors (Lipinski definition) is 5. The third kappa shape index (κ3) is 4.40. The summed E-state index contributed by atoms with van der Waals surface area (Å²) in [6.07, 6.45) is 0.751. The van der Waals surface area contributed by atoms with E-state index < -0.39 is 18.0 Å². The molecule has 8 heteroatoms. The lowest BCUT2D eigenvalue weighted by Crippen LogP contribution is -2.46. The second-order valence-electron chi connectivity index (χ2n) is 3.68. The molecule has 0 spiro atoms. The van der Waals surface area contributed by atoms with Crippen LogP contribution in [0.4, 0.5) is 4.79 Å². The van der Waals surface area contributed by atoms with E-state index in [-0.39, 0.29) is 0 Å². The van der Waals surface area contributed by atoms with Gasteiger partial charge in [0.1, 0.15) is 6.04 Å². The number of rotatable bonds is 6. The number of aromatic nitrogens is 2. The van der Waals surface area contributed by atoms with Crippen molar-refractivity contribution in [1.82, 2.24) is 20.8 Å². The number of nitrogens with zero attached hydrogens (tertiary/aromatic N) is 2. The Morgan fingerprint density at radius 2 is 2.22 bits per heavy atom. The second kappa shape index (κ2) is 6.58. The Bertz CT molecular complexity index is 418. The van der Waals surface area contributed by atoms with Gasteiger partial charge in [-0.15, -0.1) is 0 Å². The van der Waals surface area contributed by atoms with E-state index in [0.29, 0.717) is 31.1 Å². The average Bonchev–Trinajstić information content (AvgIpc) is 2.71. The first-order valence-electron chi connectivity index (χ1n) is 5.59. The zero-order chi connectivity index (χ0) is 13.5. The molecule has 0 fully saturated rings. The number of carboxylic acids is 1. The van der Waals surface area contributed by atoms with Crippen molar-refractivity contribution in [2.45, 2.75) is 32.7 Å². The molecule has 0 aliphatic heterocycles. The van der Waals surface area contributed by atoms with Crippen molar-refractivity contribution in [2.75, 3.05) is 6.54 Å². The summed E-state index contributed by atoms with van der Waals surface area (Å²) in [5.74, 6) is -0.0918. The molecule has 1 atom stereocenters. The molecule has 1 rings (SSSR count). The lowest BCUT2D eigenvalue weighted by Gasteiger charge is -2.12. The van der Waals surface area contributed by atoms with Crippen molar-refractivity contribution >= 4 is 12.0 Å². The third-order valence-corrected chi connectivity index (χ3v) is 2.22. The average molecular weight is 256 g/mol. The largest absolute Gasteiger partial charge is 0.480 e. The van der Waals surface area contributed by atoms with Crippen LogP contribution in [0.1, 0.15) is 25.1 Å². The van der Waals surface area contributed by atoms with Crippen molar-refractivity contribution in [3.8, 4) is 0 Å². The van der Waals surface area contributed by atoms with Crippen molar-refractivity contribution in [1.29, 1.82) is 0 Å². The Balaban J connectivity index is 2.26. The first-order chi connectivity index (χ1) is 8.52. The van der Waals surface area contributed by atoms with E-state index in [1.807, 2.05) is 0 Å². The number of nitrogens with one attached hydrogen (secondary N) is 2. The molecule has 0 radical (unpaired) electrons. The van der Waals surface area contributed by atoms with Gasteiger partial charge in [-0.3, -0.25) is 0 Å². The van der Waals surface area contributed by atoms with E-state index in [1.165, 1.54) is 0 Å². The van der Waals surface area contributed by atoms with Crippen LogP contribution in [0.15, 0.2) is 4.52 Å². The van der Waals surface area contributed by atoms with Crippen LogP contribution in [-0.2, 0) is 11.2 Å². The standard InChI is InChI=1S/C10H16N4O4/c1-3-7(9(15)16)13-10(17)11-5-4-8-12-6(2)18-14-8/h7H,3-5H2,1-2H3,(H,15,16)(H2,11,13,17). The summed E-state index contributed by atoms with van der Waals surface area (Å²) in [4.78, 5) is 26.0. The summed E-state index contributed by atoms with van der Waals surface area (Å²) in [5, 5.41) is 17.3. The normalized spacial score (nSPS) is 11.9.